The van der Waals surface area contributed by atoms with Crippen LogP contribution in [0.2, 0.25) is 0 Å². The summed E-state index contributed by atoms with van der Waals surface area (Å²) in [6, 6.07) is 7.52. The zero-order chi connectivity index (χ0) is 18.3. The highest BCUT2D eigenvalue weighted by Crippen LogP contribution is 2.42. The highest BCUT2D eigenvalue weighted by molar-refractivity contribution is 6.09. The van der Waals surface area contributed by atoms with Crippen LogP contribution in [0.25, 0.3) is 10.9 Å². The number of benzene rings is 1. The van der Waals surface area contributed by atoms with Crippen molar-refractivity contribution in [2.75, 3.05) is 13.1 Å². The molecule has 1 aliphatic heterocycles. The number of aromatic amines is 1. The van der Waals surface area contributed by atoms with Crippen LogP contribution in [0.15, 0.2) is 30.5 Å². The second-order valence-electron chi connectivity index (χ2n) is 7.26. The number of carbonyl (C=O) groups is 3. The zero-order valence-electron chi connectivity index (χ0n) is 14.7. The Balaban J connectivity index is 1.31. The van der Waals surface area contributed by atoms with E-state index in [9.17, 15) is 14.4 Å². The SMILES string of the molecule is C[C@]1(C2CC2)NC(=O)N(CC(=O)NCCc2c[nH]c3ccccc23)C1=O. The minimum atomic E-state index is -0.846. The number of aromatic nitrogens is 1. The number of hydrogen-bond acceptors (Lipinski definition) is 3. The van der Waals surface area contributed by atoms with Crippen molar-refractivity contribution in [3.8, 4) is 0 Å². The van der Waals surface area contributed by atoms with Crippen molar-refractivity contribution in [1.82, 2.24) is 20.5 Å². The van der Waals surface area contributed by atoms with Gasteiger partial charge in [-0.1, -0.05) is 18.2 Å². The van der Waals surface area contributed by atoms with E-state index in [1.165, 1.54) is 0 Å². The van der Waals surface area contributed by atoms with E-state index < -0.39 is 11.6 Å². The summed E-state index contributed by atoms with van der Waals surface area (Å²) in [7, 11) is 0. The van der Waals surface area contributed by atoms with Gasteiger partial charge in [0, 0.05) is 23.6 Å². The number of urea groups is 1. The summed E-state index contributed by atoms with van der Waals surface area (Å²) < 4.78 is 0. The summed E-state index contributed by atoms with van der Waals surface area (Å²) in [4.78, 5) is 41.0. The lowest BCUT2D eigenvalue weighted by Gasteiger charge is -2.20. The number of nitrogens with zero attached hydrogens (tertiary/aromatic N) is 1. The Bertz CT molecular complexity index is 886. The molecule has 1 aromatic carbocycles. The van der Waals surface area contributed by atoms with Crippen LogP contribution in [0.5, 0.6) is 0 Å². The molecule has 136 valence electrons. The molecular formula is C19H22N4O3. The van der Waals surface area contributed by atoms with Crippen LogP contribution < -0.4 is 10.6 Å². The fourth-order valence-electron chi connectivity index (χ4n) is 3.67. The molecule has 7 heteroatoms. The van der Waals surface area contributed by atoms with E-state index in [0.717, 1.165) is 34.2 Å². The minimum Gasteiger partial charge on any atom is -0.361 e. The van der Waals surface area contributed by atoms with Crippen molar-refractivity contribution in [2.45, 2.75) is 31.7 Å². The smallest absolute Gasteiger partial charge is 0.325 e. The van der Waals surface area contributed by atoms with Crippen molar-refractivity contribution < 1.29 is 14.4 Å². The number of fused-ring (bicyclic) bond motifs is 1. The fraction of sp³-hybridized carbons (Fsp3) is 0.421. The van der Waals surface area contributed by atoms with E-state index >= 15 is 0 Å². The number of amides is 4. The number of H-pyrrole nitrogens is 1. The van der Waals surface area contributed by atoms with Gasteiger partial charge in [0.05, 0.1) is 0 Å². The Hall–Kier alpha value is -2.83. The van der Waals surface area contributed by atoms with Crippen LogP contribution >= 0.6 is 0 Å². The van der Waals surface area contributed by atoms with Gasteiger partial charge >= 0.3 is 6.03 Å². The number of imide groups is 1. The molecule has 1 atom stereocenters. The summed E-state index contributed by atoms with van der Waals surface area (Å²) in [5.41, 5.74) is 1.34. The van der Waals surface area contributed by atoms with Crippen LogP contribution in [0.1, 0.15) is 25.3 Å². The van der Waals surface area contributed by atoms with Crippen molar-refractivity contribution in [1.29, 1.82) is 0 Å². The quantitative estimate of drug-likeness (QED) is 0.687. The van der Waals surface area contributed by atoms with Gasteiger partial charge in [0.25, 0.3) is 5.91 Å². The zero-order valence-corrected chi connectivity index (χ0v) is 14.7. The maximum absolute atomic E-state index is 12.5. The van der Waals surface area contributed by atoms with Crippen molar-refractivity contribution in [3.05, 3.63) is 36.0 Å². The van der Waals surface area contributed by atoms with Crippen LogP contribution in [-0.4, -0.2) is 46.4 Å². The first-order valence-corrected chi connectivity index (χ1v) is 8.95. The lowest BCUT2D eigenvalue weighted by atomic mass is 9.96. The molecule has 1 aromatic heterocycles. The molecule has 3 N–H and O–H groups in total. The average Bonchev–Trinajstić information content (AvgIpc) is 3.37. The Morgan fingerprint density at radius 3 is 2.85 bits per heavy atom. The molecule has 2 aliphatic rings. The Kier molecular flexibility index (Phi) is 3.94. The van der Waals surface area contributed by atoms with Gasteiger partial charge in [0.2, 0.25) is 5.91 Å². The minimum absolute atomic E-state index is 0.189. The van der Waals surface area contributed by atoms with Gasteiger partial charge in [-0.05, 0) is 43.7 Å². The van der Waals surface area contributed by atoms with Gasteiger partial charge in [-0.3, -0.25) is 14.5 Å². The Morgan fingerprint density at radius 1 is 1.31 bits per heavy atom. The third-order valence-corrected chi connectivity index (χ3v) is 5.39. The topological polar surface area (TPSA) is 94.3 Å². The summed E-state index contributed by atoms with van der Waals surface area (Å²) in [5.74, 6) is -0.431. The number of rotatable bonds is 6. The molecule has 1 saturated carbocycles. The summed E-state index contributed by atoms with van der Waals surface area (Å²) >= 11 is 0. The van der Waals surface area contributed by atoms with Gasteiger partial charge < -0.3 is 15.6 Å². The molecule has 26 heavy (non-hydrogen) atoms. The molecule has 2 aromatic rings. The first-order chi connectivity index (χ1) is 12.5. The average molecular weight is 354 g/mol. The van der Waals surface area contributed by atoms with Crippen molar-refractivity contribution in [2.24, 2.45) is 5.92 Å². The Morgan fingerprint density at radius 2 is 2.08 bits per heavy atom. The molecule has 4 amide bonds. The standard InChI is InChI=1S/C19H22N4O3/c1-19(13-6-7-13)17(25)23(18(26)22-19)11-16(24)20-9-8-12-10-21-15-5-3-2-4-14(12)15/h2-5,10,13,21H,6-9,11H2,1H3,(H,20,24)(H,22,26)/t19-/m1/s1. The third kappa shape index (κ3) is 2.83. The van der Waals surface area contributed by atoms with Gasteiger partial charge in [0.1, 0.15) is 12.1 Å². The molecule has 0 spiro atoms. The summed E-state index contributed by atoms with van der Waals surface area (Å²) in [6.45, 7) is 1.96. The lowest BCUT2D eigenvalue weighted by Crippen LogP contribution is -2.47. The lowest BCUT2D eigenvalue weighted by molar-refractivity contribution is -0.135. The number of hydrogen-bond donors (Lipinski definition) is 3. The van der Waals surface area contributed by atoms with E-state index in [-0.39, 0.29) is 24.3 Å². The molecule has 0 bridgehead atoms. The molecule has 1 saturated heterocycles. The van der Waals surface area contributed by atoms with E-state index in [1.54, 1.807) is 6.92 Å². The number of para-hydroxylation sites is 1. The summed E-state index contributed by atoms with van der Waals surface area (Å²) in [6.07, 6.45) is 4.49. The van der Waals surface area contributed by atoms with Crippen LogP contribution in [0.3, 0.4) is 0 Å². The first-order valence-electron chi connectivity index (χ1n) is 8.95. The van der Waals surface area contributed by atoms with Gasteiger partial charge in [-0.15, -0.1) is 0 Å². The molecule has 2 heterocycles. The molecule has 4 rings (SSSR count). The van der Waals surface area contributed by atoms with Crippen molar-refractivity contribution >= 4 is 28.7 Å². The van der Waals surface area contributed by atoms with Crippen molar-refractivity contribution in [3.63, 3.8) is 0 Å². The normalized spacial score (nSPS) is 22.7. The molecule has 2 fully saturated rings. The van der Waals surface area contributed by atoms with Crippen LogP contribution in [0, 0.1) is 5.92 Å². The van der Waals surface area contributed by atoms with Gasteiger partial charge in [-0.2, -0.15) is 0 Å². The molecule has 0 unspecified atom stereocenters. The third-order valence-electron chi connectivity index (χ3n) is 5.39. The second kappa shape index (κ2) is 6.16. The first kappa shape index (κ1) is 16.6. The van der Waals surface area contributed by atoms with E-state index in [1.807, 2.05) is 30.5 Å². The monoisotopic (exact) mass is 354 g/mol. The molecule has 0 radical (unpaired) electrons. The summed E-state index contributed by atoms with van der Waals surface area (Å²) in [5, 5.41) is 6.68. The van der Waals surface area contributed by atoms with Crippen LogP contribution in [-0.2, 0) is 16.0 Å². The predicted molar refractivity (Wildman–Crippen MR) is 96.4 cm³/mol. The van der Waals surface area contributed by atoms with E-state index in [0.29, 0.717) is 13.0 Å². The predicted octanol–water partition coefficient (Wildman–Crippen LogP) is 1.55. The highest BCUT2D eigenvalue weighted by atomic mass is 16.2. The molecule has 1 aliphatic carbocycles. The number of nitrogens with one attached hydrogen (secondary N) is 3. The van der Waals surface area contributed by atoms with Crippen LogP contribution in [0.4, 0.5) is 4.79 Å². The second-order valence-corrected chi connectivity index (χ2v) is 7.26. The molecular weight excluding hydrogens is 332 g/mol. The maximum Gasteiger partial charge on any atom is 0.325 e. The maximum atomic E-state index is 12.5. The van der Waals surface area contributed by atoms with E-state index in [2.05, 4.69) is 15.6 Å². The van der Waals surface area contributed by atoms with Gasteiger partial charge in [-0.25, -0.2) is 4.79 Å². The fourth-order valence-corrected chi connectivity index (χ4v) is 3.67. The largest absolute Gasteiger partial charge is 0.361 e. The highest BCUT2D eigenvalue weighted by Gasteiger charge is 2.56. The molecule has 7 nitrogen and oxygen atoms in total. The van der Waals surface area contributed by atoms with E-state index in [4.69, 9.17) is 0 Å². The Labute approximate surface area is 151 Å². The number of carbonyl (C=O) groups excluding carboxylic acids is 3. The van der Waals surface area contributed by atoms with Gasteiger partial charge in [0.15, 0.2) is 0 Å².